The Labute approximate surface area is 280 Å². The van der Waals surface area contributed by atoms with Crippen LogP contribution in [0.25, 0.3) is 38.6 Å². The lowest BCUT2D eigenvalue weighted by molar-refractivity contribution is 1.18. The number of hydrogen-bond acceptors (Lipinski definition) is 2. The van der Waals surface area contributed by atoms with Crippen LogP contribution < -0.4 is 20.7 Å². The van der Waals surface area contributed by atoms with Gasteiger partial charge in [-0.05, 0) is 62.2 Å². The molecule has 0 unspecified atom stereocenters. The van der Waals surface area contributed by atoms with Crippen LogP contribution in [0.2, 0.25) is 0 Å². The highest BCUT2D eigenvalue weighted by Gasteiger charge is 2.43. The fourth-order valence-electron chi connectivity index (χ4n) is 7.37. The van der Waals surface area contributed by atoms with Crippen molar-refractivity contribution >= 4 is 50.6 Å². The van der Waals surface area contributed by atoms with Gasteiger partial charge in [0.15, 0.2) is 8.07 Å². The van der Waals surface area contributed by atoms with Gasteiger partial charge in [0.25, 0.3) is 0 Å². The van der Waals surface area contributed by atoms with Crippen molar-refractivity contribution in [2.24, 2.45) is 0 Å². The third-order valence-corrected chi connectivity index (χ3v) is 14.2. The molecule has 4 heteroatoms. The Morgan fingerprint density at radius 1 is 0.438 bits per heavy atom. The van der Waals surface area contributed by atoms with Crippen LogP contribution in [0, 0.1) is 22.7 Å². The molecule has 7 aromatic carbocycles. The van der Waals surface area contributed by atoms with Crippen LogP contribution in [0.1, 0.15) is 11.1 Å². The molecule has 0 aliphatic heterocycles. The van der Waals surface area contributed by atoms with Crippen molar-refractivity contribution in [2.45, 2.75) is 0 Å². The molecule has 0 radical (unpaired) electrons. The van der Waals surface area contributed by atoms with Crippen molar-refractivity contribution < 1.29 is 0 Å². The normalized spacial score (nSPS) is 11.3. The molecule has 0 aliphatic carbocycles. The van der Waals surface area contributed by atoms with Crippen molar-refractivity contribution in [1.29, 1.82) is 10.5 Å². The third-order valence-electron chi connectivity index (χ3n) is 9.41. The maximum atomic E-state index is 10.8. The standard InChI is InChI=1S/C44H29N3Si/c45-30-34-27-33(32-15-14-16-35(28-32)47-42-25-12-10-23-39(42)40-24-11-13-26-43(40)47)29-44(41(34)31-46)48(36-17-4-1-5-18-36,37-19-6-2-7-20-37)38-21-8-3-9-22-38/h1-29H. The molecular weight excluding hydrogens is 599 g/mol. The second-order valence-electron chi connectivity index (χ2n) is 11.9. The molecule has 0 atom stereocenters. The quantitative estimate of drug-likeness (QED) is 0.141. The van der Waals surface area contributed by atoms with E-state index in [4.69, 9.17) is 0 Å². The lowest BCUT2D eigenvalue weighted by atomic mass is 9.99. The summed E-state index contributed by atoms with van der Waals surface area (Å²) >= 11 is 0. The lowest BCUT2D eigenvalue weighted by Gasteiger charge is -2.35. The average Bonchev–Trinajstić information content (AvgIpc) is 3.50. The van der Waals surface area contributed by atoms with Crippen LogP contribution in [0.15, 0.2) is 176 Å². The molecule has 8 aromatic rings. The molecule has 1 heterocycles. The largest absolute Gasteiger partial charge is 0.309 e. The third kappa shape index (κ3) is 4.55. The van der Waals surface area contributed by atoms with Crippen molar-refractivity contribution in [3.05, 3.63) is 187 Å². The van der Waals surface area contributed by atoms with Gasteiger partial charge in [0, 0.05) is 16.5 Å². The Morgan fingerprint density at radius 2 is 0.938 bits per heavy atom. The van der Waals surface area contributed by atoms with Gasteiger partial charge in [-0.2, -0.15) is 10.5 Å². The molecule has 48 heavy (non-hydrogen) atoms. The number of nitriles is 2. The van der Waals surface area contributed by atoms with Gasteiger partial charge in [-0.1, -0.05) is 146 Å². The molecule has 1 aromatic heterocycles. The fourth-order valence-corrected chi connectivity index (χ4v) is 12.3. The molecule has 0 fully saturated rings. The molecule has 3 nitrogen and oxygen atoms in total. The highest BCUT2D eigenvalue weighted by atomic mass is 28.3. The summed E-state index contributed by atoms with van der Waals surface area (Å²) in [5.74, 6) is 0. The average molecular weight is 628 g/mol. The lowest BCUT2D eigenvalue weighted by Crippen LogP contribution is -2.75. The Balaban J connectivity index is 1.44. The summed E-state index contributed by atoms with van der Waals surface area (Å²) in [6, 6.07) is 66.0. The van der Waals surface area contributed by atoms with Crippen LogP contribution in [-0.2, 0) is 0 Å². The predicted molar refractivity (Wildman–Crippen MR) is 199 cm³/mol. The van der Waals surface area contributed by atoms with Gasteiger partial charge in [0.1, 0.15) is 12.1 Å². The van der Waals surface area contributed by atoms with Gasteiger partial charge in [-0.3, -0.25) is 0 Å². The number of aromatic nitrogens is 1. The first-order valence-corrected chi connectivity index (χ1v) is 18.0. The van der Waals surface area contributed by atoms with E-state index in [0.717, 1.165) is 48.6 Å². The molecule has 0 bridgehead atoms. The zero-order valence-corrected chi connectivity index (χ0v) is 27.1. The van der Waals surface area contributed by atoms with Gasteiger partial charge >= 0.3 is 0 Å². The van der Waals surface area contributed by atoms with Crippen LogP contribution in [-0.4, -0.2) is 12.6 Å². The van der Waals surface area contributed by atoms with Crippen molar-refractivity contribution in [3.63, 3.8) is 0 Å². The van der Waals surface area contributed by atoms with E-state index in [2.05, 4.69) is 168 Å². The number of hydrogen-bond donors (Lipinski definition) is 0. The molecule has 0 aliphatic rings. The minimum atomic E-state index is -3.10. The first kappa shape index (κ1) is 29.0. The van der Waals surface area contributed by atoms with E-state index in [0.29, 0.717) is 11.1 Å². The van der Waals surface area contributed by atoms with Gasteiger partial charge in [-0.25, -0.2) is 0 Å². The van der Waals surface area contributed by atoms with Crippen LogP contribution >= 0.6 is 0 Å². The highest BCUT2D eigenvalue weighted by Crippen LogP contribution is 2.33. The summed E-state index contributed by atoms with van der Waals surface area (Å²) in [6.45, 7) is 0. The predicted octanol–water partition coefficient (Wildman–Crippen LogP) is 7.57. The SMILES string of the molecule is N#Cc1cc(-c2cccc(-n3c4ccccc4c4ccccc43)c2)cc([Si](c2ccccc2)(c2ccccc2)c2ccccc2)c1C#N. The Bertz CT molecular complexity index is 2370. The topological polar surface area (TPSA) is 52.5 Å². The second-order valence-corrected chi connectivity index (χ2v) is 15.7. The smallest absolute Gasteiger partial charge is 0.181 e. The number of nitrogens with zero attached hydrogens (tertiary/aromatic N) is 3. The number of benzene rings is 7. The van der Waals surface area contributed by atoms with E-state index < -0.39 is 8.07 Å². The summed E-state index contributed by atoms with van der Waals surface area (Å²) in [5, 5.41) is 28.1. The van der Waals surface area contributed by atoms with Crippen molar-refractivity contribution in [2.75, 3.05) is 0 Å². The molecule has 0 N–H and O–H groups in total. The van der Waals surface area contributed by atoms with Gasteiger partial charge in [0.05, 0.1) is 22.2 Å². The first-order chi connectivity index (χ1) is 23.7. The summed E-state index contributed by atoms with van der Waals surface area (Å²) in [7, 11) is -3.10. The molecule has 224 valence electrons. The van der Waals surface area contributed by atoms with Crippen LogP contribution in [0.5, 0.6) is 0 Å². The number of para-hydroxylation sites is 2. The first-order valence-electron chi connectivity index (χ1n) is 16.0. The molecular formula is C44H29N3Si. The van der Waals surface area contributed by atoms with E-state index in [-0.39, 0.29) is 0 Å². The molecule has 8 rings (SSSR count). The number of fused-ring (bicyclic) bond motifs is 3. The fraction of sp³-hybridized carbons (Fsp3) is 0. The monoisotopic (exact) mass is 627 g/mol. The number of rotatable bonds is 6. The van der Waals surface area contributed by atoms with E-state index in [9.17, 15) is 10.5 Å². The maximum absolute atomic E-state index is 10.8. The van der Waals surface area contributed by atoms with Gasteiger partial charge in [-0.15, -0.1) is 0 Å². The minimum absolute atomic E-state index is 0.381. The van der Waals surface area contributed by atoms with Crippen LogP contribution in [0.4, 0.5) is 0 Å². The second kappa shape index (κ2) is 12.0. The van der Waals surface area contributed by atoms with Crippen molar-refractivity contribution in [3.8, 4) is 29.0 Å². The summed E-state index contributed by atoms with van der Waals surface area (Å²) in [6.07, 6.45) is 0. The molecule has 0 spiro atoms. The maximum Gasteiger partial charge on any atom is 0.181 e. The zero-order chi connectivity index (χ0) is 32.5. The van der Waals surface area contributed by atoms with Gasteiger partial charge in [0.2, 0.25) is 0 Å². The van der Waals surface area contributed by atoms with E-state index in [1.807, 2.05) is 24.3 Å². The highest BCUT2D eigenvalue weighted by molar-refractivity contribution is 7.20. The summed E-state index contributed by atoms with van der Waals surface area (Å²) in [4.78, 5) is 0. The molecule has 0 amide bonds. The Kier molecular flexibility index (Phi) is 7.27. The minimum Gasteiger partial charge on any atom is -0.309 e. The van der Waals surface area contributed by atoms with Crippen molar-refractivity contribution in [1.82, 2.24) is 4.57 Å². The summed E-state index contributed by atoms with van der Waals surface area (Å²) < 4.78 is 2.31. The molecule has 0 saturated heterocycles. The van der Waals surface area contributed by atoms with E-state index in [1.165, 1.54) is 10.8 Å². The molecule has 0 saturated carbocycles. The Morgan fingerprint density at radius 3 is 1.44 bits per heavy atom. The van der Waals surface area contributed by atoms with Crippen LogP contribution in [0.3, 0.4) is 0 Å². The Hall–Kier alpha value is -6.46. The van der Waals surface area contributed by atoms with Gasteiger partial charge < -0.3 is 4.57 Å². The summed E-state index contributed by atoms with van der Waals surface area (Å²) in [5.41, 5.74) is 6.01. The van der Waals surface area contributed by atoms with E-state index in [1.54, 1.807) is 0 Å². The zero-order valence-electron chi connectivity index (χ0n) is 26.1. The van der Waals surface area contributed by atoms with E-state index >= 15 is 0 Å².